The molecule has 7 aromatic carbocycles. The average molecular weight is 1310 g/mol. The van der Waals surface area contributed by atoms with Crippen LogP contribution in [-0.4, -0.2) is 89.8 Å². The number of esters is 2. The van der Waals surface area contributed by atoms with Gasteiger partial charge >= 0.3 is 11.9 Å². The number of rotatable bonds is 28. The molecule has 3 amide bonds. The van der Waals surface area contributed by atoms with Gasteiger partial charge in [-0.1, -0.05) is 142 Å². The minimum absolute atomic E-state index is 0. The number of nitro groups is 1. The summed E-state index contributed by atoms with van der Waals surface area (Å²) in [7, 11) is 1.92. The third kappa shape index (κ3) is 15.7. The molecule has 0 radical (unpaired) electrons. The van der Waals surface area contributed by atoms with Crippen LogP contribution in [0.5, 0.6) is 23.0 Å². The van der Waals surface area contributed by atoms with Crippen molar-refractivity contribution in [2.75, 3.05) is 39.8 Å². The number of quaternary nitrogens is 1. The number of nitrogens with zero attached hydrogens (tertiary/aromatic N) is 3. The number of likely N-dealkylation sites (N-methyl/N-ethyl adjacent to an activating group) is 1. The van der Waals surface area contributed by atoms with Crippen molar-refractivity contribution >= 4 is 35.3 Å². The lowest BCUT2D eigenvalue weighted by molar-refractivity contribution is -0.905. The number of β-lactam (4-membered cyclic amide) rings is 1. The Hall–Kier alpha value is -9.02. The minimum atomic E-state index is -1.07. The number of ether oxygens (including phenoxy) is 5. The van der Waals surface area contributed by atoms with Crippen LogP contribution < -0.4 is 53.6 Å². The van der Waals surface area contributed by atoms with Gasteiger partial charge in [0, 0.05) is 49.6 Å². The first-order valence-corrected chi connectivity index (χ1v) is 28.8. The van der Waals surface area contributed by atoms with Crippen LogP contribution in [0.25, 0.3) is 0 Å². The second-order valence-corrected chi connectivity index (χ2v) is 22.2. The molecule has 1 saturated heterocycles. The Morgan fingerprint density at radius 1 is 0.602 bits per heavy atom. The molecule has 2 heterocycles. The fourth-order valence-electron chi connectivity index (χ4n) is 11.0. The van der Waals surface area contributed by atoms with Crippen molar-refractivity contribution in [1.29, 1.82) is 0 Å². The van der Waals surface area contributed by atoms with Gasteiger partial charge < -0.3 is 67.7 Å². The Morgan fingerprint density at radius 2 is 1.01 bits per heavy atom. The fourth-order valence-corrected chi connectivity index (χ4v) is 11.0. The molecule has 2 aliphatic rings. The third-order valence-corrected chi connectivity index (χ3v) is 15.6. The number of amides is 3. The second kappa shape index (κ2) is 30.1. The Bertz CT molecular complexity index is 3480. The lowest BCUT2D eigenvalue weighted by Gasteiger charge is -2.47. The SMILES string of the molecule is CC(C)[C@H]1C(=O)N2C(C(=O)OC(=O)c3ccc([N+](=O)[O-])cc3)=C(C[N+](C)(CCCNC(=O)c3ccc(OCc4ccccc4)c(OCc4ccccc4)c3F)CCCNC(=O)c3ccc(OCc4ccccc4)c(OCc4ccccc4)c3F)[C@H](C)[C@H]12.[I-]. The summed E-state index contributed by atoms with van der Waals surface area (Å²) in [6, 6.07) is 46.8. The standard InChI is InChI=1S/C68H67F2N5O12.HI/c1-44(2)57-60-45(3)54(61(73(60)66(57)78)68(80)87-67(79)50-27-29-51(30-28-50)74(81)82)39-75(4,37-17-35-71-64(76)52-31-33-55(83-40-46-19-9-5-10-20-46)62(58(52)69)85-42-48-23-13-7-14-24-48)38-18-36-72-65(77)53-32-34-56(84-41-47-21-11-6-12-22-47)63(59(53)70)86-43-49-25-15-8-16-26-49;/h5-16,19-34,44-45,57,60H,17-18,35-43H2,1-4H3,(H-,71,72,76,77);1H/t45-,57+,60+;/m0./s1. The summed E-state index contributed by atoms with van der Waals surface area (Å²) in [4.78, 5) is 81.8. The molecule has 2 N–H and O–H groups in total. The van der Waals surface area contributed by atoms with Crippen molar-refractivity contribution < 1.29 is 89.8 Å². The summed E-state index contributed by atoms with van der Waals surface area (Å²) < 4.78 is 62.9. The molecule has 0 aliphatic carbocycles. The molecule has 20 heteroatoms. The van der Waals surface area contributed by atoms with E-state index in [0.717, 1.165) is 34.4 Å². The van der Waals surface area contributed by atoms with Crippen molar-refractivity contribution in [3.8, 4) is 23.0 Å². The Kier molecular flexibility index (Phi) is 22.2. The summed E-state index contributed by atoms with van der Waals surface area (Å²) in [6.45, 7) is 6.87. The summed E-state index contributed by atoms with van der Waals surface area (Å²) in [5, 5.41) is 17.0. The van der Waals surface area contributed by atoms with Crippen LogP contribution in [0.1, 0.15) is 86.9 Å². The minimum Gasteiger partial charge on any atom is -1.00 e. The number of non-ortho nitro benzene ring substituents is 1. The van der Waals surface area contributed by atoms with Gasteiger partial charge in [-0.05, 0) is 64.6 Å². The van der Waals surface area contributed by atoms with Crippen LogP contribution in [0, 0.1) is 39.5 Å². The smallest absolute Gasteiger partial charge is 0.363 e. The van der Waals surface area contributed by atoms with Gasteiger partial charge in [0.1, 0.15) is 38.7 Å². The van der Waals surface area contributed by atoms with Crippen LogP contribution in [-0.2, 0) is 40.8 Å². The molecule has 0 bridgehead atoms. The van der Waals surface area contributed by atoms with Gasteiger partial charge in [0.25, 0.3) is 17.5 Å². The number of halogens is 3. The molecule has 7 aromatic rings. The van der Waals surface area contributed by atoms with Crippen molar-refractivity contribution in [3.05, 3.63) is 242 Å². The van der Waals surface area contributed by atoms with Gasteiger partial charge in [0.05, 0.1) is 53.7 Å². The van der Waals surface area contributed by atoms with E-state index in [-0.39, 0.29) is 137 Å². The lowest BCUT2D eigenvalue weighted by atomic mass is 9.74. The maximum absolute atomic E-state index is 16.6. The molecular formula is C68H68F2IN5O12. The summed E-state index contributed by atoms with van der Waals surface area (Å²) >= 11 is 0. The Labute approximate surface area is 526 Å². The maximum atomic E-state index is 16.6. The molecule has 88 heavy (non-hydrogen) atoms. The van der Waals surface area contributed by atoms with E-state index in [1.807, 2.05) is 149 Å². The van der Waals surface area contributed by atoms with Crippen LogP contribution in [0.4, 0.5) is 14.5 Å². The number of hydrogen-bond acceptors (Lipinski definition) is 12. The largest absolute Gasteiger partial charge is 1.00 e. The molecule has 17 nitrogen and oxygen atoms in total. The van der Waals surface area contributed by atoms with Crippen LogP contribution in [0.3, 0.4) is 0 Å². The zero-order valence-corrected chi connectivity index (χ0v) is 51.3. The Balaban J connectivity index is 0.0000100. The number of carbonyl (C=O) groups is 5. The van der Waals surface area contributed by atoms with Crippen molar-refractivity contribution in [2.24, 2.45) is 17.8 Å². The quantitative estimate of drug-likeness (QED) is 0.00695. The van der Waals surface area contributed by atoms with Gasteiger partial charge in [-0.2, -0.15) is 0 Å². The molecule has 2 aliphatic heterocycles. The van der Waals surface area contributed by atoms with E-state index in [1.165, 1.54) is 41.3 Å². The first-order valence-electron chi connectivity index (χ1n) is 28.8. The van der Waals surface area contributed by atoms with E-state index < -0.39 is 58.2 Å². The molecule has 0 aromatic heterocycles. The average Bonchev–Trinajstić information content (AvgIpc) is 1.60. The van der Waals surface area contributed by atoms with Crippen molar-refractivity contribution in [2.45, 2.75) is 66.1 Å². The fraction of sp³-hybridized carbons (Fsp3) is 0.279. The highest BCUT2D eigenvalue weighted by molar-refractivity contribution is 6.06. The van der Waals surface area contributed by atoms with E-state index in [0.29, 0.717) is 31.5 Å². The summed E-state index contributed by atoms with van der Waals surface area (Å²) in [5.74, 6) is -6.87. The summed E-state index contributed by atoms with van der Waals surface area (Å²) in [5.41, 5.74) is 2.74. The molecule has 3 atom stereocenters. The first kappa shape index (κ1) is 65.0. The van der Waals surface area contributed by atoms with Gasteiger partial charge in [-0.25, -0.2) is 18.4 Å². The van der Waals surface area contributed by atoms with Gasteiger partial charge in [0.2, 0.25) is 5.91 Å². The highest BCUT2D eigenvalue weighted by atomic mass is 127. The molecule has 458 valence electrons. The number of hydrogen-bond donors (Lipinski definition) is 2. The van der Waals surface area contributed by atoms with Gasteiger partial charge in [-0.15, -0.1) is 0 Å². The predicted molar refractivity (Wildman–Crippen MR) is 319 cm³/mol. The monoisotopic (exact) mass is 1310 g/mol. The van der Waals surface area contributed by atoms with Crippen LogP contribution in [0.15, 0.2) is 181 Å². The normalized spacial score (nSPS) is 15.1. The van der Waals surface area contributed by atoms with E-state index in [1.54, 1.807) is 0 Å². The number of fused-ring (bicyclic) bond motifs is 1. The highest BCUT2D eigenvalue weighted by Crippen LogP contribution is 2.49. The van der Waals surface area contributed by atoms with E-state index in [2.05, 4.69) is 10.6 Å². The van der Waals surface area contributed by atoms with Crippen LogP contribution >= 0.6 is 0 Å². The first-order chi connectivity index (χ1) is 42.0. The highest BCUT2D eigenvalue weighted by Gasteiger charge is 2.60. The number of nitrogens with one attached hydrogen (secondary N) is 2. The third-order valence-electron chi connectivity index (χ3n) is 15.6. The number of nitro benzene ring substituents is 1. The second-order valence-electron chi connectivity index (χ2n) is 22.2. The number of carbonyl (C=O) groups excluding carboxylic acids is 5. The predicted octanol–water partition coefficient (Wildman–Crippen LogP) is 8.35. The molecule has 0 saturated carbocycles. The molecular weight excluding hydrogens is 1240 g/mol. The van der Waals surface area contributed by atoms with E-state index >= 15 is 8.78 Å². The molecule has 1 fully saturated rings. The molecule has 0 unspecified atom stereocenters. The van der Waals surface area contributed by atoms with Gasteiger partial charge in [0.15, 0.2) is 34.6 Å². The van der Waals surface area contributed by atoms with Crippen molar-refractivity contribution in [1.82, 2.24) is 15.5 Å². The lowest BCUT2D eigenvalue weighted by Crippen LogP contribution is -3.00. The zero-order valence-electron chi connectivity index (χ0n) is 49.1. The van der Waals surface area contributed by atoms with Crippen LogP contribution in [0.2, 0.25) is 0 Å². The van der Waals surface area contributed by atoms with E-state index in [4.69, 9.17) is 23.7 Å². The Morgan fingerprint density at radius 3 is 1.41 bits per heavy atom. The topological polar surface area (TPSA) is 202 Å². The summed E-state index contributed by atoms with van der Waals surface area (Å²) in [6.07, 6.45) is 0.616. The van der Waals surface area contributed by atoms with E-state index in [9.17, 15) is 34.1 Å². The molecule has 0 spiro atoms. The zero-order chi connectivity index (χ0) is 61.6. The number of benzene rings is 7. The van der Waals surface area contributed by atoms with Gasteiger partial charge in [-0.3, -0.25) is 24.5 Å². The van der Waals surface area contributed by atoms with Crippen molar-refractivity contribution in [3.63, 3.8) is 0 Å². The maximum Gasteiger partial charge on any atom is 0.363 e. The molecule has 9 rings (SSSR count).